The molecule has 8 rings (SSSR count). The SMILES string of the molecule is CC(C)(C)c1ccc(-c2c(-c3ccccc3)cc(-c3ccccc3)c3c2-c2cccc4c(-c5ccccc5)ccc-3c24)cc1. The zero-order valence-corrected chi connectivity index (χ0v) is 25.4. The molecule has 0 heterocycles. The third-order valence-corrected chi connectivity index (χ3v) is 9.20. The lowest BCUT2D eigenvalue weighted by Gasteiger charge is -2.22. The number of hydrogen-bond donors (Lipinski definition) is 0. The molecule has 0 saturated heterocycles. The van der Waals surface area contributed by atoms with Crippen molar-refractivity contribution >= 4 is 10.8 Å². The Hall–Kier alpha value is -5.20. The number of hydrogen-bond acceptors (Lipinski definition) is 0. The van der Waals surface area contributed by atoms with Gasteiger partial charge in [0.2, 0.25) is 0 Å². The fourth-order valence-corrected chi connectivity index (χ4v) is 7.05. The summed E-state index contributed by atoms with van der Waals surface area (Å²) >= 11 is 0. The Kier molecular flexibility index (Phi) is 6.13. The second-order valence-electron chi connectivity index (χ2n) is 12.9. The summed E-state index contributed by atoms with van der Waals surface area (Å²) in [4.78, 5) is 0. The first kappa shape index (κ1) is 26.4. The van der Waals surface area contributed by atoms with Gasteiger partial charge in [0.05, 0.1) is 0 Å². The molecule has 0 atom stereocenters. The van der Waals surface area contributed by atoms with Crippen molar-refractivity contribution in [2.45, 2.75) is 26.2 Å². The van der Waals surface area contributed by atoms with Crippen molar-refractivity contribution in [3.63, 3.8) is 0 Å². The minimum absolute atomic E-state index is 0.0928. The summed E-state index contributed by atoms with van der Waals surface area (Å²) in [6, 6.07) is 55.9. The molecule has 44 heavy (non-hydrogen) atoms. The van der Waals surface area contributed by atoms with E-state index in [2.05, 4.69) is 172 Å². The Labute approximate surface area is 260 Å². The second-order valence-corrected chi connectivity index (χ2v) is 12.9. The van der Waals surface area contributed by atoms with E-state index >= 15 is 0 Å². The summed E-state index contributed by atoms with van der Waals surface area (Å²) in [6.07, 6.45) is 0. The van der Waals surface area contributed by atoms with Crippen LogP contribution in [0.5, 0.6) is 0 Å². The lowest BCUT2D eigenvalue weighted by atomic mass is 9.81. The number of fused-ring (bicyclic) bond motifs is 3. The molecule has 0 amide bonds. The quantitative estimate of drug-likeness (QED) is 0.200. The van der Waals surface area contributed by atoms with E-state index in [4.69, 9.17) is 0 Å². The van der Waals surface area contributed by atoms with Gasteiger partial charge in [-0.15, -0.1) is 0 Å². The lowest BCUT2D eigenvalue weighted by molar-refractivity contribution is 0.590. The van der Waals surface area contributed by atoms with Gasteiger partial charge in [0.1, 0.15) is 0 Å². The van der Waals surface area contributed by atoms with Crippen LogP contribution >= 0.6 is 0 Å². The topological polar surface area (TPSA) is 0 Å². The van der Waals surface area contributed by atoms with Crippen LogP contribution in [0.1, 0.15) is 26.3 Å². The van der Waals surface area contributed by atoms with Gasteiger partial charge in [0, 0.05) is 0 Å². The fourth-order valence-electron chi connectivity index (χ4n) is 7.05. The summed E-state index contributed by atoms with van der Waals surface area (Å²) in [5, 5.41) is 2.65. The average molecular weight is 563 g/mol. The molecule has 0 radical (unpaired) electrons. The monoisotopic (exact) mass is 562 g/mol. The standard InChI is InChI=1S/C44H34/c1-44(2,3)33-24-22-32(23-25-33)40-38(30-16-9-5-10-17-30)28-39(31-18-11-6-12-19-31)42-37-27-26-34(29-14-7-4-8-15-29)35-20-13-21-36(41(35)37)43(40)42/h4-28H,1-3H3. The smallest absolute Gasteiger partial charge is 0.000763 e. The highest BCUT2D eigenvalue weighted by Crippen LogP contribution is 2.58. The van der Waals surface area contributed by atoms with E-state index in [1.54, 1.807) is 0 Å². The third-order valence-electron chi connectivity index (χ3n) is 9.20. The maximum absolute atomic E-state index is 2.44. The molecule has 1 aliphatic rings. The maximum Gasteiger partial charge on any atom is -0.000763 e. The minimum atomic E-state index is 0.0928. The van der Waals surface area contributed by atoms with E-state index in [1.165, 1.54) is 83.1 Å². The van der Waals surface area contributed by atoms with Gasteiger partial charge in [0.25, 0.3) is 0 Å². The van der Waals surface area contributed by atoms with Crippen LogP contribution in [0.4, 0.5) is 0 Å². The molecule has 0 heteroatoms. The summed E-state index contributed by atoms with van der Waals surface area (Å²) in [5.74, 6) is 0. The van der Waals surface area contributed by atoms with Gasteiger partial charge in [-0.1, -0.05) is 166 Å². The fraction of sp³-hybridized carbons (Fsp3) is 0.0909. The molecule has 0 aliphatic heterocycles. The molecule has 0 fully saturated rings. The third kappa shape index (κ3) is 4.21. The highest BCUT2D eigenvalue weighted by Gasteiger charge is 2.31. The Bertz CT molecular complexity index is 2150. The Morgan fingerprint density at radius 1 is 0.341 bits per heavy atom. The first-order valence-electron chi connectivity index (χ1n) is 15.5. The molecule has 210 valence electrons. The molecule has 1 aliphatic carbocycles. The molecule has 0 aromatic heterocycles. The molecule has 0 bridgehead atoms. The molecule has 0 N–H and O–H groups in total. The van der Waals surface area contributed by atoms with E-state index in [0.29, 0.717) is 0 Å². The van der Waals surface area contributed by atoms with E-state index in [0.717, 1.165) is 0 Å². The van der Waals surface area contributed by atoms with Crippen LogP contribution in [0.15, 0.2) is 152 Å². The van der Waals surface area contributed by atoms with Crippen LogP contribution in [0.2, 0.25) is 0 Å². The van der Waals surface area contributed by atoms with Crippen LogP contribution in [0, 0.1) is 0 Å². The van der Waals surface area contributed by atoms with Gasteiger partial charge in [-0.05, 0) is 94.6 Å². The Morgan fingerprint density at radius 3 is 1.41 bits per heavy atom. The first-order chi connectivity index (χ1) is 21.5. The van der Waals surface area contributed by atoms with Crippen LogP contribution in [0.3, 0.4) is 0 Å². The van der Waals surface area contributed by atoms with Gasteiger partial charge in [-0.2, -0.15) is 0 Å². The van der Waals surface area contributed by atoms with E-state index in [-0.39, 0.29) is 5.41 Å². The Morgan fingerprint density at radius 2 is 0.841 bits per heavy atom. The van der Waals surface area contributed by atoms with Crippen LogP contribution in [-0.4, -0.2) is 0 Å². The van der Waals surface area contributed by atoms with Crippen LogP contribution in [-0.2, 0) is 5.41 Å². The van der Waals surface area contributed by atoms with Crippen molar-refractivity contribution in [3.05, 3.63) is 157 Å². The molecule has 0 saturated carbocycles. The van der Waals surface area contributed by atoms with Gasteiger partial charge in [-0.25, -0.2) is 0 Å². The molecule has 0 unspecified atom stereocenters. The molecule has 7 aromatic carbocycles. The number of rotatable bonds is 4. The maximum atomic E-state index is 2.44. The first-order valence-corrected chi connectivity index (χ1v) is 15.5. The van der Waals surface area contributed by atoms with Crippen molar-refractivity contribution in [1.29, 1.82) is 0 Å². The van der Waals surface area contributed by atoms with Gasteiger partial charge in [0.15, 0.2) is 0 Å². The predicted molar refractivity (Wildman–Crippen MR) is 189 cm³/mol. The van der Waals surface area contributed by atoms with E-state index < -0.39 is 0 Å². The number of benzene rings is 7. The van der Waals surface area contributed by atoms with Crippen molar-refractivity contribution in [2.75, 3.05) is 0 Å². The summed E-state index contributed by atoms with van der Waals surface area (Å²) in [7, 11) is 0. The second kappa shape index (κ2) is 10.2. The van der Waals surface area contributed by atoms with Crippen molar-refractivity contribution in [1.82, 2.24) is 0 Å². The molecule has 0 nitrogen and oxygen atoms in total. The highest BCUT2D eigenvalue weighted by atomic mass is 14.3. The predicted octanol–water partition coefficient (Wildman–Crippen LogP) is 12.5. The average Bonchev–Trinajstić information content (AvgIpc) is 3.41. The van der Waals surface area contributed by atoms with Crippen molar-refractivity contribution in [2.24, 2.45) is 0 Å². The van der Waals surface area contributed by atoms with Crippen molar-refractivity contribution < 1.29 is 0 Å². The zero-order chi connectivity index (χ0) is 29.8. The van der Waals surface area contributed by atoms with E-state index in [1.807, 2.05) is 0 Å². The molecular weight excluding hydrogens is 528 g/mol. The van der Waals surface area contributed by atoms with Crippen molar-refractivity contribution in [3.8, 4) is 66.8 Å². The highest BCUT2D eigenvalue weighted by molar-refractivity contribution is 6.24. The van der Waals surface area contributed by atoms with Crippen LogP contribution < -0.4 is 0 Å². The summed E-state index contributed by atoms with van der Waals surface area (Å²) in [5.41, 5.74) is 16.8. The minimum Gasteiger partial charge on any atom is -0.0622 e. The molecule has 7 aromatic rings. The Balaban J connectivity index is 1.51. The van der Waals surface area contributed by atoms with E-state index in [9.17, 15) is 0 Å². The van der Waals surface area contributed by atoms with Gasteiger partial charge >= 0.3 is 0 Å². The normalized spacial score (nSPS) is 12.0. The summed E-state index contributed by atoms with van der Waals surface area (Å²) < 4.78 is 0. The molecular formula is C44H34. The largest absolute Gasteiger partial charge is 0.0622 e. The lowest BCUT2D eigenvalue weighted by Crippen LogP contribution is -2.10. The zero-order valence-electron chi connectivity index (χ0n) is 25.4. The van der Waals surface area contributed by atoms with Crippen LogP contribution in [0.25, 0.3) is 77.5 Å². The molecule has 0 spiro atoms. The summed E-state index contributed by atoms with van der Waals surface area (Å²) in [6.45, 7) is 6.85. The van der Waals surface area contributed by atoms with Gasteiger partial charge in [-0.3, -0.25) is 0 Å². The van der Waals surface area contributed by atoms with Gasteiger partial charge < -0.3 is 0 Å².